The second-order valence-corrected chi connectivity index (χ2v) is 6.71. The average Bonchev–Trinajstić information content (AvgIpc) is 2.68. The first-order valence-electron chi connectivity index (χ1n) is 9.74. The van der Waals surface area contributed by atoms with Gasteiger partial charge >= 0.3 is 23.9 Å². The first-order chi connectivity index (χ1) is 14.9. The smallest absolute Gasteiger partial charge is 0.337 e. The summed E-state index contributed by atoms with van der Waals surface area (Å²) < 4.78 is 0. The Bertz CT molecular complexity index is 676. The zero-order valence-electron chi connectivity index (χ0n) is 17.8. The topological polar surface area (TPSA) is 223 Å². The maximum atomic E-state index is 10.3. The summed E-state index contributed by atoms with van der Waals surface area (Å²) >= 11 is 0. The number of aliphatic hydroxyl groups excluding tert-OH is 1. The average molecular weight is 461 g/mol. The van der Waals surface area contributed by atoms with E-state index in [4.69, 9.17) is 35.7 Å². The number of nitrogens with zero attached hydrogens (tertiary/aromatic N) is 1. The minimum Gasteiger partial charge on any atom is -0.481 e. The monoisotopic (exact) mass is 461 g/mol. The molecule has 0 aromatic carbocycles. The first-order valence-corrected chi connectivity index (χ1v) is 9.74. The van der Waals surface area contributed by atoms with Crippen LogP contribution in [0.15, 0.2) is 24.5 Å². The Morgan fingerprint density at radius 1 is 0.938 bits per heavy atom. The molecular formula is C20H31NO11. The van der Waals surface area contributed by atoms with Gasteiger partial charge in [-0.3, -0.25) is 14.6 Å². The third-order valence-electron chi connectivity index (χ3n) is 3.76. The lowest BCUT2D eigenvalue weighted by molar-refractivity contribution is -0.170. The molecule has 0 aliphatic carbocycles. The van der Waals surface area contributed by atoms with Crippen molar-refractivity contribution in [1.82, 2.24) is 4.98 Å². The van der Waals surface area contributed by atoms with E-state index in [0.29, 0.717) is 6.42 Å². The molecule has 0 atom stereocenters. The van der Waals surface area contributed by atoms with Gasteiger partial charge < -0.3 is 35.7 Å². The molecule has 0 saturated carbocycles. The summed E-state index contributed by atoms with van der Waals surface area (Å²) in [5, 5.41) is 59.1. The predicted octanol–water partition coefficient (Wildman–Crippen LogP) is 1.19. The number of pyridine rings is 1. The van der Waals surface area contributed by atoms with Crippen molar-refractivity contribution < 1.29 is 54.9 Å². The van der Waals surface area contributed by atoms with E-state index in [2.05, 4.69) is 11.9 Å². The number of carboxylic acids is 4. The van der Waals surface area contributed by atoms with Gasteiger partial charge in [-0.25, -0.2) is 9.59 Å². The molecule has 182 valence electrons. The molecule has 0 radical (unpaired) electrons. The molecule has 1 heterocycles. The molecule has 0 bridgehead atoms. The Morgan fingerprint density at radius 3 is 1.78 bits per heavy atom. The summed E-state index contributed by atoms with van der Waals surface area (Å²) in [6, 6.07) is 3.08. The molecule has 0 aliphatic rings. The number of unbranched alkanes of at least 4 members (excludes halogenated alkanes) is 4. The molecule has 0 aliphatic heterocycles. The number of aliphatic hydroxyl groups is 3. The normalized spacial score (nSPS) is 10.3. The van der Waals surface area contributed by atoms with Crippen LogP contribution in [-0.4, -0.2) is 76.5 Å². The van der Waals surface area contributed by atoms with Gasteiger partial charge in [0.2, 0.25) is 0 Å². The lowest BCUT2D eigenvalue weighted by atomic mass is 9.96. The number of hydrogen-bond donors (Lipinski definition) is 7. The zero-order valence-corrected chi connectivity index (χ0v) is 17.8. The molecule has 12 nitrogen and oxygen atoms in total. The Kier molecular flexibility index (Phi) is 17.1. The van der Waals surface area contributed by atoms with Gasteiger partial charge in [0.05, 0.1) is 18.4 Å². The Labute approximate surface area is 184 Å². The molecule has 0 spiro atoms. The highest BCUT2D eigenvalue weighted by Crippen LogP contribution is 2.15. The number of carbonyl (C=O) groups is 4. The van der Waals surface area contributed by atoms with Crippen molar-refractivity contribution in [3.8, 4) is 0 Å². The summed E-state index contributed by atoms with van der Waals surface area (Å²) in [7, 11) is 0. The molecule has 7 N–H and O–H groups in total. The Hall–Kier alpha value is -3.09. The molecule has 32 heavy (non-hydrogen) atoms. The van der Waals surface area contributed by atoms with Crippen molar-refractivity contribution in [2.75, 3.05) is 0 Å². The molecule has 1 aromatic heterocycles. The van der Waals surface area contributed by atoms with E-state index in [9.17, 15) is 19.2 Å². The van der Waals surface area contributed by atoms with Gasteiger partial charge in [0.15, 0.2) is 11.9 Å². The fourth-order valence-corrected chi connectivity index (χ4v) is 2.13. The van der Waals surface area contributed by atoms with Crippen molar-refractivity contribution in [3.63, 3.8) is 0 Å². The number of aromatic nitrogens is 1. The SMILES string of the molecule is CCCCCCCC(O)O.O=C(O)CC(O)(CC(=O)O)C(=O)O.O=C(O)c1cccnc1. The van der Waals surface area contributed by atoms with Crippen LogP contribution in [0.3, 0.4) is 0 Å². The van der Waals surface area contributed by atoms with E-state index >= 15 is 0 Å². The van der Waals surface area contributed by atoms with Crippen molar-refractivity contribution in [3.05, 3.63) is 30.1 Å². The van der Waals surface area contributed by atoms with Crippen LogP contribution in [0.2, 0.25) is 0 Å². The minimum absolute atomic E-state index is 0.220. The van der Waals surface area contributed by atoms with Gasteiger partial charge in [-0.2, -0.15) is 0 Å². The molecule has 0 saturated heterocycles. The van der Waals surface area contributed by atoms with Crippen LogP contribution in [-0.2, 0) is 14.4 Å². The molecule has 0 fully saturated rings. The van der Waals surface area contributed by atoms with Crippen molar-refractivity contribution in [2.45, 2.75) is 70.2 Å². The van der Waals surface area contributed by atoms with E-state index in [1.165, 1.54) is 37.7 Å². The van der Waals surface area contributed by atoms with Gasteiger partial charge in [-0.05, 0) is 25.0 Å². The third kappa shape index (κ3) is 17.7. The third-order valence-corrected chi connectivity index (χ3v) is 3.76. The van der Waals surface area contributed by atoms with Crippen LogP contribution >= 0.6 is 0 Å². The van der Waals surface area contributed by atoms with Gasteiger partial charge in [-0.15, -0.1) is 0 Å². The van der Waals surface area contributed by atoms with Crippen LogP contribution in [0.25, 0.3) is 0 Å². The van der Waals surface area contributed by atoms with Gasteiger partial charge in [0.25, 0.3) is 0 Å². The molecule has 0 unspecified atom stereocenters. The van der Waals surface area contributed by atoms with Crippen molar-refractivity contribution >= 4 is 23.9 Å². The second-order valence-electron chi connectivity index (χ2n) is 6.71. The largest absolute Gasteiger partial charge is 0.481 e. The predicted molar refractivity (Wildman–Crippen MR) is 110 cm³/mol. The lowest BCUT2D eigenvalue weighted by Crippen LogP contribution is -2.42. The maximum Gasteiger partial charge on any atom is 0.337 e. The number of rotatable bonds is 12. The van der Waals surface area contributed by atoms with E-state index in [1.54, 1.807) is 6.07 Å². The maximum absolute atomic E-state index is 10.3. The minimum atomic E-state index is -2.74. The van der Waals surface area contributed by atoms with Crippen LogP contribution in [0.4, 0.5) is 0 Å². The summed E-state index contributed by atoms with van der Waals surface area (Å²) in [5.41, 5.74) is -2.52. The Balaban J connectivity index is 0. The number of hydrogen-bond acceptors (Lipinski definition) is 8. The number of carboxylic acid groups (broad SMARTS) is 4. The van der Waals surface area contributed by atoms with E-state index in [1.807, 2.05) is 0 Å². The fourth-order valence-electron chi connectivity index (χ4n) is 2.13. The summed E-state index contributed by atoms with van der Waals surface area (Å²) in [4.78, 5) is 44.3. The van der Waals surface area contributed by atoms with E-state index in [0.717, 1.165) is 12.8 Å². The van der Waals surface area contributed by atoms with Crippen LogP contribution in [0.5, 0.6) is 0 Å². The summed E-state index contributed by atoms with van der Waals surface area (Å²) in [6.07, 6.45) is 5.79. The second kappa shape index (κ2) is 17.6. The highest BCUT2D eigenvalue weighted by atomic mass is 16.5. The van der Waals surface area contributed by atoms with Crippen LogP contribution in [0.1, 0.15) is 68.6 Å². The lowest BCUT2D eigenvalue weighted by Gasteiger charge is -2.18. The van der Waals surface area contributed by atoms with Crippen molar-refractivity contribution in [1.29, 1.82) is 0 Å². The standard InChI is InChI=1S/C8H18O2.C6H5NO2.C6H8O7/c1-2-3-4-5-6-7-8(9)10;8-6(9)5-2-1-3-7-4-5;7-3(8)1-6(13,5(11)12)2-4(9)10/h8-10H,2-7H2,1H3;1-4H,(H,8,9);13H,1-2H2,(H,7,8)(H,9,10)(H,11,12). The summed E-state index contributed by atoms with van der Waals surface area (Å²) in [6.45, 7) is 2.17. The van der Waals surface area contributed by atoms with Crippen LogP contribution < -0.4 is 0 Å². The van der Waals surface area contributed by atoms with Gasteiger partial charge in [0.1, 0.15) is 0 Å². The molecule has 12 heteroatoms. The molecule has 0 amide bonds. The quantitative estimate of drug-likeness (QED) is 0.172. The Morgan fingerprint density at radius 2 is 1.47 bits per heavy atom. The highest BCUT2D eigenvalue weighted by Gasteiger charge is 2.40. The molecule has 1 aromatic rings. The highest BCUT2D eigenvalue weighted by molar-refractivity contribution is 5.88. The van der Waals surface area contributed by atoms with E-state index < -0.39 is 48.6 Å². The van der Waals surface area contributed by atoms with Gasteiger partial charge in [0, 0.05) is 12.4 Å². The zero-order chi connectivity index (χ0) is 25.2. The number of aromatic carboxylic acids is 1. The fraction of sp³-hybridized carbons (Fsp3) is 0.550. The summed E-state index contributed by atoms with van der Waals surface area (Å²) in [5.74, 6) is -5.96. The van der Waals surface area contributed by atoms with Crippen molar-refractivity contribution in [2.24, 2.45) is 0 Å². The van der Waals surface area contributed by atoms with E-state index in [-0.39, 0.29) is 5.56 Å². The molecule has 1 rings (SSSR count). The van der Waals surface area contributed by atoms with Gasteiger partial charge in [-0.1, -0.05) is 32.6 Å². The molecular weight excluding hydrogens is 430 g/mol. The number of aliphatic carboxylic acids is 3. The first kappa shape index (κ1) is 31.1. The van der Waals surface area contributed by atoms with Crippen LogP contribution in [0, 0.1) is 0 Å².